The first kappa shape index (κ1) is 20.4. The maximum atomic E-state index is 14.2. The number of nitrogens with one attached hydrogen (secondary N) is 1. The number of anilines is 2. The maximum Gasteiger partial charge on any atom is 0.250 e. The minimum atomic E-state index is -3.97. The second-order valence-corrected chi connectivity index (χ2v) is 7.69. The number of para-hydroxylation sites is 2. The quantitative estimate of drug-likeness (QED) is 0.751. The summed E-state index contributed by atoms with van der Waals surface area (Å²) in [6.07, 6.45) is 0.971. The summed E-state index contributed by atoms with van der Waals surface area (Å²) in [7, 11) is -3.97. The fourth-order valence-corrected chi connectivity index (χ4v) is 3.90. The van der Waals surface area contributed by atoms with Crippen LogP contribution in [0.5, 0.6) is 0 Å². The molecule has 0 spiro atoms. The summed E-state index contributed by atoms with van der Waals surface area (Å²) in [5.41, 5.74) is 5.29. The first-order valence-corrected chi connectivity index (χ1v) is 9.95. The number of benzene rings is 2. The molecule has 9 heteroatoms. The fraction of sp³-hybridized carbons (Fsp3) is 0.222. The van der Waals surface area contributed by atoms with E-state index in [0.29, 0.717) is 0 Å². The highest BCUT2D eigenvalue weighted by atomic mass is 32.2. The minimum Gasteiger partial charge on any atom is -0.366 e. The van der Waals surface area contributed by atoms with Crippen molar-refractivity contribution < 1.29 is 22.4 Å². The molecule has 2 aromatic rings. The molecule has 0 radical (unpaired) electrons. The Bertz CT molecular complexity index is 963. The van der Waals surface area contributed by atoms with Gasteiger partial charge in [-0.2, -0.15) is 0 Å². The zero-order valence-corrected chi connectivity index (χ0v) is 15.7. The molecule has 27 heavy (non-hydrogen) atoms. The smallest absolute Gasteiger partial charge is 0.250 e. The Morgan fingerprint density at radius 1 is 1.15 bits per heavy atom. The molecule has 2 amide bonds. The van der Waals surface area contributed by atoms with Crippen molar-refractivity contribution in [3.8, 4) is 0 Å². The molecule has 0 saturated carbocycles. The highest BCUT2D eigenvalue weighted by Crippen LogP contribution is 2.26. The lowest BCUT2D eigenvalue weighted by Gasteiger charge is -2.30. The summed E-state index contributed by atoms with van der Waals surface area (Å²) in [6.45, 7) is 1.60. The SMILES string of the molecule is CCC(C(=O)Nc1ccccc1C(N)=O)N(c1ccccc1F)S(C)(=O)=O. The molecule has 0 aromatic heterocycles. The van der Waals surface area contributed by atoms with Crippen LogP contribution in [0.1, 0.15) is 23.7 Å². The third kappa shape index (κ3) is 4.62. The van der Waals surface area contributed by atoms with Crippen molar-refractivity contribution in [3.63, 3.8) is 0 Å². The molecule has 0 fully saturated rings. The van der Waals surface area contributed by atoms with Crippen LogP contribution in [0.2, 0.25) is 0 Å². The number of carbonyl (C=O) groups is 2. The summed E-state index contributed by atoms with van der Waals surface area (Å²) in [4.78, 5) is 24.3. The normalized spacial score (nSPS) is 12.3. The summed E-state index contributed by atoms with van der Waals surface area (Å²) in [6, 6.07) is 10.1. The van der Waals surface area contributed by atoms with E-state index < -0.39 is 33.7 Å². The van der Waals surface area contributed by atoms with E-state index in [1.54, 1.807) is 19.1 Å². The lowest BCUT2D eigenvalue weighted by atomic mass is 10.1. The first-order chi connectivity index (χ1) is 12.7. The van der Waals surface area contributed by atoms with E-state index in [4.69, 9.17) is 5.73 Å². The van der Waals surface area contributed by atoms with Gasteiger partial charge in [0.15, 0.2) is 0 Å². The number of hydrogen-bond donors (Lipinski definition) is 2. The van der Waals surface area contributed by atoms with E-state index in [9.17, 15) is 22.4 Å². The average molecular weight is 393 g/mol. The van der Waals surface area contributed by atoms with E-state index in [0.717, 1.165) is 16.6 Å². The van der Waals surface area contributed by atoms with Gasteiger partial charge in [-0.3, -0.25) is 13.9 Å². The number of nitrogens with zero attached hydrogens (tertiary/aromatic N) is 1. The fourth-order valence-electron chi connectivity index (χ4n) is 2.69. The Kier molecular flexibility index (Phi) is 6.17. The maximum absolute atomic E-state index is 14.2. The topological polar surface area (TPSA) is 110 Å². The predicted molar refractivity (Wildman–Crippen MR) is 101 cm³/mol. The Morgan fingerprint density at radius 3 is 2.30 bits per heavy atom. The van der Waals surface area contributed by atoms with Crippen LogP contribution in [-0.2, 0) is 14.8 Å². The van der Waals surface area contributed by atoms with Gasteiger partial charge in [0.1, 0.15) is 11.9 Å². The van der Waals surface area contributed by atoms with E-state index in [1.807, 2.05) is 0 Å². The van der Waals surface area contributed by atoms with Crippen molar-refractivity contribution in [3.05, 3.63) is 59.9 Å². The van der Waals surface area contributed by atoms with Gasteiger partial charge >= 0.3 is 0 Å². The molecule has 1 unspecified atom stereocenters. The number of rotatable bonds is 7. The monoisotopic (exact) mass is 393 g/mol. The van der Waals surface area contributed by atoms with Crippen molar-refractivity contribution in [2.75, 3.05) is 15.9 Å². The zero-order chi connectivity index (χ0) is 20.2. The van der Waals surface area contributed by atoms with Crippen LogP contribution in [0.15, 0.2) is 48.5 Å². The van der Waals surface area contributed by atoms with E-state index in [1.165, 1.54) is 30.3 Å². The Morgan fingerprint density at radius 2 is 1.74 bits per heavy atom. The van der Waals surface area contributed by atoms with Gasteiger partial charge in [0, 0.05) is 0 Å². The molecule has 3 N–H and O–H groups in total. The standard InChI is InChI=1S/C18H20FN3O4S/c1-3-15(18(24)21-14-10-6-4-8-12(14)17(20)23)22(27(2,25)26)16-11-7-5-9-13(16)19/h4-11,15H,3H2,1-2H3,(H2,20,23)(H,21,24). The summed E-state index contributed by atoms with van der Waals surface area (Å²) in [5, 5.41) is 2.52. The van der Waals surface area contributed by atoms with Crippen LogP contribution < -0.4 is 15.4 Å². The predicted octanol–water partition coefficient (Wildman–Crippen LogP) is 2.11. The molecule has 0 saturated heterocycles. The lowest BCUT2D eigenvalue weighted by Crippen LogP contribution is -2.47. The van der Waals surface area contributed by atoms with Crippen molar-refractivity contribution >= 4 is 33.2 Å². The molecular formula is C18H20FN3O4S. The van der Waals surface area contributed by atoms with Gasteiger partial charge in [0.25, 0.3) is 5.91 Å². The molecule has 0 heterocycles. The number of halogens is 1. The van der Waals surface area contributed by atoms with Crippen LogP contribution in [0, 0.1) is 5.82 Å². The van der Waals surface area contributed by atoms with Crippen molar-refractivity contribution in [1.29, 1.82) is 0 Å². The van der Waals surface area contributed by atoms with Crippen LogP contribution >= 0.6 is 0 Å². The Hall–Kier alpha value is -2.94. The van der Waals surface area contributed by atoms with Crippen molar-refractivity contribution in [2.45, 2.75) is 19.4 Å². The number of primary amides is 1. The molecule has 0 aliphatic carbocycles. The number of amides is 2. The van der Waals surface area contributed by atoms with Gasteiger partial charge in [-0.15, -0.1) is 0 Å². The molecule has 2 aromatic carbocycles. The summed E-state index contributed by atoms with van der Waals surface area (Å²) >= 11 is 0. The highest BCUT2D eigenvalue weighted by molar-refractivity contribution is 7.92. The molecule has 0 bridgehead atoms. The van der Waals surface area contributed by atoms with Crippen molar-refractivity contribution in [2.24, 2.45) is 5.73 Å². The van der Waals surface area contributed by atoms with Crippen LogP contribution in [0.4, 0.5) is 15.8 Å². The van der Waals surface area contributed by atoms with Crippen LogP contribution in [0.3, 0.4) is 0 Å². The Balaban J connectivity index is 2.45. The van der Waals surface area contributed by atoms with Gasteiger partial charge in [-0.1, -0.05) is 31.2 Å². The third-order valence-electron chi connectivity index (χ3n) is 3.87. The average Bonchev–Trinajstić information content (AvgIpc) is 2.59. The number of nitrogens with two attached hydrogens (primary N) is 1. The molecule has 0 aliphatic rings. The third-order valence-corrected chi connectivity index (χ3v) is 5.04. The Labute approximate surface area is 157 Å². The van der Waals surface area contributed by atoms with E-state index in [-0.39, 0.29) is 23.4 Å². The van der Waals surface area contributed by atoms with Gasteiger partial charge in [0.05, 0.1) is 23.2 Å². The summed E-state index contributed by atoms with van der Waals surface area (Å²) in [5.74, 6) is -2.22. The first-order valence-electron chi connectivity index (χ1n) is 8.10. The molecule has 1 atom stereocenters. The lowest BCUT2D eigenvalue weighted by molar-refractivity contribution is -0.117. The van der Waals surface area contributed by atoms with Gasteiger partial charge < -0.3 is 11.1 Å². The van der Waals surface area contributed by atoms with Gasteiger partial charge in [0.2, 0.25) is 15.9 Å². The molecule has 2 rings (SSSR count). The molecule has 144 valence electrons. The minimum absolute atomic E-state index is 0.0754. The molecular weight excluding hydrogens is 373 g/mol. The second-order valence-electron chi connectivity index (χ2n) is 5.83. The number of hydrogen-bond acceptors (Lipinski definition) is 4. The van der Waals surface area contributed by atoms with Crippen molar-refractivity contribution in [1.82, 2.24) is 0 Å². The van der Waals surface area contributed by atoms with E-state index >= 15 is 0 Å². The van der Waals surface area contributed by atoms with Gasteiger partial charge in [-0.05, 0) is 30.7 Å². The number of carbonyl (C=O) groups excluding carboxylic acids is 2. The largest absolute Gasteiger partial charge is 0.366 e. The second kappa shape index (κ2) is 8.17. The number of sulfonamides is 1. The zero-order valence-electron chi connectivity index (χ0n) is 14.8. The molecule has 7 nitrogen and oxygen atoms in total. The van der Waals surface area contributed by atoms with Gasteiger partial charge in [-0.25, -0.2) is 12.8 Å². The summed E-state index contributed by atoms with van der Waals surface area (Å²) < 4.78 is 39.6. The van der Waals surface area contributed by atoms with Crippen LogP contribution in [0.25, 0.3) is 0 Å². The molecule has 0 aliphatic heterocycles. The van der Waals surface area contributed by atoms with E-state index in [2.05, 4.69) is 5.32 Å². The highest BCUT2D eigenvalue weighted by Gasteiger charge is 2.33. The van der Waals surface area contributed by atoms with Crippen LogP contribution in [-0.4, -0.2) is 32.5 Å².